The van der Waals surface area contributed by atoms with Crippen molar-refractivity contribution in [2.45, 2.75) is 11.1 Å². The van der Waals surface area contributed by atoms with E-state index in [1.165, 1.54) is 18.3 Å². The Bertz CT molecular complexity index is 763. The van der Waals surface area contributed by atoms with E-state index in [4.69, 9.17) is 0 Å². The van der Waals surface area contributed by atoms with Gasteiger partial charge in [-0.25, -0.2) is 13.4 Å². The van der Waals surface area contributed by atoms with Gasteiger partial charge in [0.1, 0.15) is 4.60 Å². The minimum atomic E-state index is -4.61. The molecule has 21 heavy (non-hydrogen) atoms. The molecule has 0 unspecified atom stereocenters. The standard InChI is InChI=1S/C12H8BrF3N2O2S/c13-11-10(5-2-6-17-11)18-21(19,20)9-4-1-3-8(7-9)12(14,15)16/h1-7,18H. The van der Waals surface area contributed by atoms with Gasteiger partial charge in [-0.15, -0.1) is 0 Å². The quantitative estimate of drug-likeness (QED) is 0.826. The highest BCUT2D eigenvalue weighted by Gasteiger charge is 2.31. The molecule has 4 nitrogen and oxygen atoms in total. The van der Waals surface area contributed by atoms with Gasteiger partial charge in [-0.1, -0.05) is 6.07 Å². The van der Waals surface area contributed by atoms with Gasteiger partial charge < -0.3 is 0 Å². The van der Waals surface area contributed by atoms with Crippen LogP contribution >= 0.6 is 15.9 Å². The maximum absolute atomic E-state index is 12.6. The summed E-state index contributed by atoms with van der Waals surface area (Å²) in [5.41, 5.74) is -0.898. The lowest BCUT2D eigenvalue weighted by molar-refractivity contribution is -0.137. The summed E-state index contributed by atoms with van der Waals surface area (Å²) in [6.45, 7) is 0. The van der Waals surface area contributed by atoms with E-state index in [0.29, 0.717) is 6.07 Å². The van der Waals surface area contributed by atoms with Crippen molar-refractivity contribution >= 4 is 31.6 Å². The average Bonchev–Trinajstić information content (AvgIpc) is 2.40. The molecule has 1 heterocycles. The second-order valence-corrected chi connectivity index (χ2v) is 6.41. The zero-order valence-corrected chi connectivity index (χ0v) is 12.6. The second kappa shape index (κ2) is 5.64. The van der Waals surface area contributed by atoms with Crippen LogP contribution in [0.15, 0.2) is 52.1 Å². The molecule has 0 amide bonds. The highest BCUT2D eigenvalue weighted by atomic mass is 79.9. The van der Waals surface area contributed by atoms with Crippen LogP contribution in [0.3, 0.4) is 0 Å². The van der Waals surface area contributed by atoms with Gasteiger partial charge in [0.15, 0.2) is 0 Å². The summed E-state index contributed by atoms with van der Waals surface area (Å²) in [7, 11) is -4.14. The number of sulfonamides is 1. The van der Waals surface area contributed by atoms with Crippen molar-refractivity contribution < 1.29 is 21.6 Å². The van der Waals surface area contributed by atoms with Gasteiger partial charge in [-0.05, 0) is 46.3 Å². The molecule has 2 aromatic rings. The van der Waals surface area contributed by atoms with E-state index in [0.717, 1.165) is 18.2 Å². The molecule has 2 rings (SSSR count). The molecule has 9 heteroatoms. The summed E-state index contributed by atoms with van der Waals surface area (Å²) in [6, 6.07) is 6.43. The minimum absolute atomic E-state index is 0.134. The third-order valence-electron chi connectivity index (χ3n) is 2.48. The number of anilines is 1. The first kappa shape index (κ1) is 15.8. The zero-order chi connectivity index (χ0) is 15.7. The summed E-state index contributed by atoms with van der Waals surface area (Å²) in [5, 5.41) is 0. The minimum Gasteiger partial charge on any atom is -0.277 e. The first-order chi connectivity index (χ1) is 9.70. The van der Waals surface area contributed by atoms with E-state index in [1.54, 1.807) is 0 Å². The van der Waals surface area contributed by atoms with Crippen molar-refractivity contribution in [1.29, 1.82) is 0 Å². The van der Waals surface area contributed by atoms with E-state index < -0.39 is 26.7 Å². The third kappa shape index (κ3) is 3.73. The molecule has 0 saturated heterocycles. The summed E-state index contributed by atoms with van der Waals surface area (Å²) < 4.78 is 64.5. The van der Waals surface area contributed by atoms with Crippen LogP contribution in [0, 0.1) is 0 Å². The molecular weight excluding hydrogens is 373 g/mol. The van der Waals surface area contributed by atoms with Crippen LogP contribution in [0.1, 0.15) is 5.56 Å². The molecule has 0 aliphatic rings. The number of benzene rings is 1. The molecule has 0 bridgehead atoms. The topological polar surface area (TPSA) is 59.1 Å². The molecule has 0 saturated carbocycles. The van der Waals surface area contributed by atoms with Crippen molar-refractivity contribution in [3.05, 3.63) is 52.8 Å². The van der Waals surface area contributed by atoms with E-state index in [9.17, 15) is 21.6 Å². The molecule has 0 aliphatic heterocycles. The summed E-state index contributed by atoms with van der Waals surface area (Å²) >= 11 is 3.05. The van der Waals surface area contributed by atoms with Crippen molar-refractivity contribution in [2.24, 2.45) is 0 Å². The number of hydrogen-bond acceptors (Lipinski definition) is 3. The van der Waals surface area contributed by atoms with Gasteiger partial charge in [-0.3, -0.25) is 4.72 Å². The molecule has 1 N–H and O–H groups in total. The molecule has 0 aliphatic carbocycles. The molecule has 0 atom stereocenters. The fourth-order valence-electron chi connectivity index (χ4n) is 1.51. The number of halogens is 4. The Morgan fingerprint density at radius 1 is 1.14 bits per heavy atom. The van der Waals surface area contributed by atoms with Crippen LogP contribution in [-0.2, 0) is 16.2 Å². The Balaban J connectivity index is 2.39. The lowest BCUT2D eigenvalue weighted by atomic mass is 10.2. The number of hydrogen-bond donors (Lipinski definition) is 1. The highest BCUT2D eigenvalue weighted by Crippen LogP contribution is 2.31. The number of nitrogens with zero attached hydrogens (tertiary/aromatic N) is 1. The lowest BCUT2D eigenvalue weighted by Gasteiger charge is -2.11. The van der Waals surface area contributed by atoms with Gasteiger partial charge in [-0.2, -0.15) is 13.2 Å². The molecule has 0 radical (unpaired) electrons. The summed E-state index contributed by atoms with van der Waals surface area (Å²) in [5.74, 6) is 0. The van der Waals surface area contributed by atoms with E-state index in [-0.39, 0.29) is 10.3 Å². The van der Waals surface area contributed by atoms with Crippen LogP contribution in [0.4, 0.5) is 18.9 Å². The van der Waals surface area contributed by atoms with Crippen LogP contribution in [0.5, 0.6) is 0 Å². The highest BCUT2D eigenvalue weighted by molar-refractivity contribution is 9.10. The number of rotatable bonds is 3. The molecule has 1 aromatic heterocycles. The van der Waals surface area contributed by atoms with Gasteiger partial charge in [0, 0.05) is 6.20 Å². The van der Waals surface area contributed by atoms with E-state index in [2.05, 4.69) is 25.6 Å². The van der Waals surface area contributed by atoms with E-state index >= 15 is 0 Å². The predicted molar refractivity (Wildman–Crippen MR) is 74.2 cm³/mol. The SMILES string of the molecule is O=S(=O)(Nc1cccnc1Br)c1cccc(C(F)(F)F)c1. The molecule has 112 valence electrons. The Morgan fingerprint density at radius 3 is 2.48 bits per heavy atom. The fourth-order valence-corrected chi connectivity index (χ4v) is 3.10. The van der Waals surface area contributed by atoms with Crippen molar-refractivity contribution in [3.8, 4) is 0 Å². The van der Waals surface area contributed by atoms with Crippen LogP contribution in [-0.4, -0.2) is 13.4 Å². The van der Waals surface area contributed by atoms with Crippen molar-refractivity contribution in [1.82, 2.24) is 4.98 Å². The number of alkyl halides is 3. The molecule has 0 spiro atoms. The fraction of sp³-hybridized carbons (Fsp3) is 0.0833. The largest absolute Gasteiger partial charge is 0.416 e. The average molecular weight is 381 g/mol. The maximum Gasteiger partial charge on any atom is 0.416 e. The Labute approximate surface area is 127 Å². The van der Waals surface area contributed by atoms with Gasteiger partial charge in [0.05, 0.1) is 16.1 Å². The Hall–Kier alpha value is -1.61. The first-order valence-corrected chi connectivity index (χ1v) is 7.78. The van der Waals surface area contributed by atoms with Crippen molar-refractivity contribution in [2.75, 3.05) is 4.72 Å². The number of nitrogens with one attached hydrogen (secondary N) is 1. The maximum atomic E-state index is 12.6. The Morgan fingerprint density at radius 2 is 1.86 bits per heavy atom. The van der Waals surface area contributed by atoms with Crippen molar-refractivity contribution in [3.63, 3.8) is 0 Å². The summed E-state index contributed by atoms with van der Waals surface area (Å²) in [4.78, 5) is 3.34. The van der Waals surface area contributed by atoms with Gasteiger partial charge in [0.25, 0.3) is 10.0 Å². The first-order valence-electron chi connectivity index (χ1n) is 5.51. The van der Waals surface area contributed by atoms with Crippen LogP contribution < -0.4 is 4.72 Å². The second-order valence-electron chi connectivity index (χ2n) is 3.97. The number of pyridine rings is 1. The van der Waals surface area contributed by atoms with Gasteiger partial charge >= 0.3 is 6.18 Å². The number of aromatic nitrogens is 1. The lowest BCUT2D eigenvalue weighted by Crippen LogP contribution is -2.15. The molecule has 1 aromatic carbocycles. The molecule has 0 fully saturated rings. The molecular formula is C12H8BrF3N2O2S. The predicted octanol–water partition coefficient (Wildman–Crippen LogP) is 3.66. The Kier molecular flexibility index (Phi) is 4.24. The monoisotopic (exact) mass is 380 g/mol. The zero-order valence-electron chi connectivity index (χ0n) is 10.2. The smallest absolute Gasteiger partial charge is 0.277 e. The normalized spacial score (nSPS) is 12.2. The van der Waals surface area contributed by atoms with Gasteiger partial charge in [0.2, 0.25) is 0 Å². The van der Waals surface area contributed by atoms with Crippen LogP contribution in [0.25, 0.3) is 0 Å². The summed E-state index contributed by atoms with van der Waals surface area (Å²) in [6.07, 6.45) is -3.17. The third-order valence-corrected chi connectivity index (χ3v) is 4.47. The van der Waals surface area contributed by atoms with Crippen LogP contribution in [0.2, 0.25) is 0 Å². The van der Waals surface area contributed by atoms with E-state index in [1.807, 2.05) is 0 Å².